The lowest BCUT2D eigenvalue weighted by atomic mass is 10.2. The molecule has 1 rings (SSSR count). The Bertz CT molecular complexity index is 420. The number of hydrogen-bond donors (Lipinski definition) is 2. The van der Waals surface area contributed by atoms with E-state index in [0.29, 0.717) is 13.0 Å². The first-order chi connectivity index (χ1) is 10.2. The van der Waals surface area contributed by atoms with E-state index in [-0.39, 0.29) is 5.91 Å². The molecular formula is C17H29N3O. The number of anilines is 1. The average molecular weight is 291 g/mol. The van der Waals surface area contributed by atoms with Crippen LogP contribution in [0, 0.1) is 0 Å². The van der Waals surface area contributed by atoms with Gasteiger partial charge in [-0.25, -0.2) is 0 Å². The molecule has 0 aliphatic heterocycles. The van der Waals surface area contributed by atoms with Crippen molar-refractivity contribution in [1.82, 2.24) is 4.90 Å². The smallest absolute Gasteiger partial charge is 0.224 e. The van der Waals surface area contributed by atoms with Gasteiger partial charge in [-0.15, -0.1) is 0 Å². The van der Waals surface area contributed by atoms with E-state index < -0.39 is 0 Å². The van der Waals surface area contributed by atoms with Crippen molar-refractivity contribution in [3.63, 3.8) is 0 Å². The van der Waals surface area contributed by atoms with E-state index in [2.05, 4.69) is 24.1 Å². The molecule has 1 aromatic carbocycles. The van der Waals surface area contributed by atoms with Crippen molar-refractivity contribution >= 4 is 11.6 Å². The van der Waals surface area contributed by atoms with Crippen LogP contribution in [-0.4, -0.2) is 30.4 Å². The largest absolute Gasteiger partial charge is 0.326 e. The summed E-state index contributed by atoms with van der Waals surface area (Å²) in [6, 6.07) is 7.71. The zero-order chi connectivity index (χ0) is 15.5. The normalized spacial score (nSPS) is 10.9. The molecule has 4 heteroatoms. The van der Waals surface area contributed by atoms with Crippen molar-refractivity contribution in [2.24, 2.45) is 5.73 Å². The van der Waals surface area contributed by atoms with Crippen LogP contribution in [0.2, 0.25) is 0 Å². The molecular weight excluding hydrogens is 262 g/mol. The fourth-order valence-electron chi connectivity index (χ4n) is 2.27. The molecule has 0 saturated carbocycles. The standard InChI is InChI=1S/C17H29N3O/c1-3-5-11-20(4-2)12-7-10-17(21)19-16-9-6-8-15(13-16)14-18/h6,8-9,13H,3-5,7,10-12,14,18H2,1-2H3,(H,19,21). The lowest BCUT2D eigenvalue weighted by Gasteiger charge is -2.19. The Morgan fingerprint density at radius 1 is 1.24 bits per heavy atom. The van der Waals surface area contributed by atoms with Crippen LogP contribution in [0.25, 0.3) is 0 Å². The van der Waals surface area contributed by atoms with Gasteiger partial charge in [0.05, 0.1) is 0 Å². The number of nitrogens with zero attached hydrogens (tertiary/aromatic N) is 1. The van der Waals surface area contributed by atoms with Gasteiger partial charge < -0.3 is 16.0 Å². The number of carbonyl (C=O) groups is 1. The molecule has 118 valence electrons. The second-order valence-electron chi connectivity index (χ2n) is 5.34. The van der Waals surface area contributed by atoms with Crippen LogP contribution in [0.3, 0.4) is 0 Å². The second-order valence-corrected chi connectivity index (χ2v) is 5.34. The number of rotatable bonds is 10. The van der Waals surface area contributed by atoms with E-state index in [4.69, 9.17) is 5.73 Å². The van der Waals surface area contributed by atoms with Crippen molar-refractivity contribution in [2.45, 2.75) is 46.1 Å². The fourth-order valence-corrected chi connectivity index (χ4v) is 2.27. The van der Waals surface area contributed by atoms with Gasteiger partial charge in [-0.2, -0.15) is 0 Å². The molecule has 0 aliphatic carbocycles. The SMILES string of the molecule is CCCCN(CC)CCCC(=O)Nc1cccc(CN)c1. The van der Waals surface area contributed by atoms with Crippen LogP contribution in [0.15, 0.2) is 24.3 Å². The maximum Gasteiger partial charge on any atom is 0.224 e. The summed E-state index contributed by atoms with van der Waals surface area (Å²) in [5.41, 5.74) is 7.47. The molecule has 0 saturated heterocycles. The quantitative estimate of drug-likeness (QED) is 0.697. The molecule has 0 aromatic heterocycles. The van der Waals surface area contributed by atoms with Crippen molar-refractivity contribution < 1.29 is 4.79 Å². The highest BCUT2D eigenvalue weighted by atomic mass is 16.1. The maximum atomic E-state index is 11.9. The summed E-state index contributed by atoms with van der Waals surface area (Å²) in [7, 11) is 0. The molecule has 0 unspecified atom stereocenters. The van der Waals surface area contributed by atoms with Gasteiger partial charge in [0, 0.05) is 18.7 Å². The number of hydrogen-bond acceptors (Lipinski definition) is 3. The van der Waals surface area contributed by atoms with Gasteiger partial charge in [0.1, 0.15) is 0 Å². The summed E-state index contributed by atoms with van der Waals surface area (Å²) in [5, 5.41) is 2.94. The predicted octanol–water partition coefficient (Wildman–Crippen LogP) is 2.99. The minimum atomic E-state index is 0.0794. The molecule has 0 spiro atoms. The first-order valence-corrected chi connectivity index (χ1v) is 8.00. The third-order valence-electron chi connectivity index (χ3n) is 3.60. The maximum absolute atomic E-state index is 11.9. The lowest BCUT2D eigenvalue weighted by molar-refractivity contribution is -0.116. The second kappa shape index (κ2) is 10.4. The third kappa shape index (κ3) is 7.25. The topological polar surface area (TPSA) is 58.4 Å². The summed E-state index contributed by atoms with van der Waals surface area (Å²) in [6.45, 7) is 8.05. The average Bonchev–Trinajstić information content (AvgIpc) is 2.50. The lowest BCUT2D eigenvalue weighted by Crippen LogP contribution is -2.26. The summed E-state index contributed by atoms with van der Waals surface area (Å²) in [5.74, 6) is 0.0794. The molecule has 0 aliphatic rings. The number of unbranched alkanes of at least 4 members (excludes halogenated alkanes) is 1. The number of amides is 1. The Hall–Kier alpha value is -1.39. The predicted molar refractivity (Wildman–Crippen MR) is 89.2 cm³/mol. The Labute approximate surface area is 128 Å². The molecule has 1 aromatic rings. The van der Waals surface area contributed by atoms with Crippen LogP contribution >= 0.6 is 0 Å². The van der Waals surface area contributed by atoms with Gasteiger partial charge in [-0.3, -0.25) is 4.79 Å². The molecule has 3 N–H and O–H groups in total. The van der Waals surface area contributed by atoms with Crippen molar-refractivity contribution in [3.05, 3.63) is 29.8 Å². The number of carbonyl (C=O) groups excluding carboxylic acids is 1. The highest BCUT2D eigenvalue weighted by Gasteiger charge is 2.06. The van der Waals surface area contributed by atoms with Crippen molar-refractivity contribution in [1.29, 1.82) is 0 Å². The van der Waals surface area contributed by atoms with Gasteiger partial charge in [-0.1, -0.05) is 32.4 Å². The zero-order valence-corrected chi connectivity index (χ0v) is 13.4. The van der Waals surface area contributed by atoms with E-state index >= 15 is 0 Å². The molecule has 21 heavy (non-hydrogen) atoms. The summed E-state index contributed by atoms with van der Waals surface area (Å²) in [6.07, 6.45) is 3.91. The number of benzene rings is 1. The van der Waals surface area contributed by atoms with Gasteiger partial charge in [0.15, 0.2) is 0 Å². The molecule has 0 fully saturated rings. The van der Waals surface area contributed by atoms with E-state index in [9.17, 15) is 4.79 Å². The Balaban J connectivity index is 2.30. The molecule has 0 bridgehead atoms. The molecule has 4 nitrogen and oxygen atoms in total. The van der Waals surface area contributed by atoms with Gasteiger partial charge in [0.2, 0.25) is 5.91 Å². The van der Waals surface area contributed by atoms with E-state index in [1.807, 2.05) is 24.3 Å². The molecule has 0 radical (unpaired) electrons. The van der Waals surface area contributed by atoms with Crippen LogP contribution < -0.4 is 11.1 Å². The first kappa shape index (κ1) is 17.7. The third-order valence-corrected chi connectivity index (χ3v) is 3.60. The van der Waals surface area contributed by atoms with Gasteiger partial charge >= 0.3 is 0 Å². The van der Waals surface area contributed by atoms with Gasteiger partial charge in [-0.05, 0) is 50.2 Å². The highest BCUT2D eigenvalue weighted by Crippen LogP contribution is 2.11. The first-order valence-electron chi connectivity index (χ1n) is 8.00. The van der Waals surface area contributed by atoms with Crippen LogP contribution in [0.1, 0.15) is 45.1 Å². The Kier molecular flexibility index (Phi) is 8.71. The van der Waals surface area contributed by atoms with Crippen LogP contribution in [-0.2, 0) is 11.3 Å². The molecule has 0 atom stereocenters. The van der Waals surface area contributed by atoms with Crippen LogP contribution in [0.5, 0.6) is 0 Å². The fraction of sp³-hybridized carbons (Fsp3) is 0.588. The summed E-state index contributed by atoms with van der Waals surface area (Å²) >= 11 is 0. The monoisotopic (exact) mass is 291 g/mol. The zero-order valence-electron chi connectivity index (χ0n) is 13.4. The van der Waals surface area contributed by atoms with Gasteiger partial charge in [0.25, 0.3) is 0 Å². The number of nitrogens with one attached hydrogen (secondary N) is 1. The van der Waals surface area contributed by atoms with E-state index in [0.717, 1.165) is 37.3 Å². The Morgan fingerprint density at radius 3 is 2.67 bits per heavy atom. The summed E-state index contributed by atoms with van der Waals surface area (Å²) in [4.78, 5) is 14.3. The summed E-state index contributed by atoms with van der Waals surface area (Å²) < 4.78 is 0. The van der Waals surface area contributed by atoms with Crippen molar-refractivity contribution in [3.8, 4) is 0 Å². The minimum absolute atomic E-state index is 0.0794. The molecule has 1 amide bonds. The Morgan fingerprint density at radius 2 is 2.00 bits per heavy atom. The molecule has 0 heterocycles. The van der Waals surface area contributed by atoms with Crippen molar-refractivity contribution in [2.75, 3.05) is 25.0 Å². The van der Waals surface area contributed by atoms with Crippen LogP contribution in [0.4, 0.5) is 5.69 Å². The highest BCUT2D eigenvalue weighted by molar-refractivity contribution is 5.90. The minimum Gasteiger partial charge on any atom is -0.326 e. The van der Waals surface area contributed by atoms with E-state index in [1.165, 1.54) is 12.8 Å². The van der Waals surface area contributed by atoms with E-state index in [1.54, 1.807) is 0 Å². The number of nitrogens with two attached hydrogens (primary N) is 1.